The number of hydrogen-bond donors (Lipinski definition) is 0. The van der Waals surface area contributed by atoms with Crippen LogP contribution in [0.5, 0.6) is 0 Å². The topological polar surface area (TPSA) is 78.9 Å². The van der Waals surface area contributed by atoms with E-state index in [1.165, 1.54) is 64.2 Å². The van der Waals surface area contributed by atoms with Crippen LogP contribution in [0, 0.1) is 0 Å². The maximum absolute atomic E-state index is 12.7. The molecule has 1 atom stereocenters. The maximum Gasteiger partial charge on any atom is 0.306 e. The molecule has 0 rings (SSSR count). The minimum Gasteiger partial charge on any atom is -0.462 e. The monoisotopic (exact) mass is 929 g/mol. The molecule has 0 fully saturated rings. The number of rotatable bonds is 48. The van der Waals surface area contributed by atoms with Gasteiger partial charge in [0.25, 0.3) is 0 Å². The molecule has 0 aliphatic heterocycles. The van der Waals surface area contributed by atoms with Crippen molar-refractivity contribution >= 4 is 17.9 Å². The van der Waals surface area contributed by atoms with Crippen molar-refractivity contribution < 1.29 is 28.6 Å². The second-order valence-electron chi connectivity index (χ2n) is 17.8. The van der Waals surface area contributed by atoms with Gasteiger partial charge in [-0.2, -0.15) is 0 Å². The first kappa shape index (κ1) is 63.1. The van der Waals surface area contributed by atoms with Gasteiger partial charge in [0.1, 0.15) is 13.2 Å². The van der Waals surface area contributed by atoms with E-state index in [0.29, 0.717) is 19.3 Å². The molecule has 0 amide bonds. The van der Waals surface area contributed by atoms with Gasteiger partial charge < -0.3 is 14.2 Å². The predicted octanol–water partition coefficient (Wildman–Crippen LogP) is 18.3. The number of hydrogen-bond acceptors (Lipinski definition) is 6. The number of esters is 3. The molecule has 0 aliphatic rings. The second-order valence-corrected chi connectivity index (χ2v) is 17.8. The van der Waals surface area contributed by atoms with Gasteiger partial charge in [-0.25, -0.2) is 0 Å². The first-order valence-electron chi connectivity index (χ1n) is 27.4. The molecule has 0 aromatic carbocycles. The van der Waals surface area contributed by atoms with Gasteiger partial charge in [-0.15, -0.1) is 0 Å². The molecule has 0 radical (unpaired) electrons. The van der Waals surface area contributed by atoms with E-state index in [-0.39, 0.29) is 31.1 Å². The van der Waals surface area contributed by atoms with E-state index in [4.69, 9.17) is 14.2 Å². The van der Waals surface area contributed by atoms with Crippen LogP contribution >= 0.6 is 0 Å². The van der Waals surface area contributed by atoms with Gasteiger partial charge in [-0.1, -0.05) is 226 Å². The molecule has 6 nitrogen and oxygen atoms in total. The average molecular weight is 929 g/mol. The fraction of sp³-hybridized carbons (Fsp3) is 0.656. The Morgan fingerprint density at radius 3 is 0.970 bits per heavy atom. The zero-order valence-corrected chi connectivity index (χ0v) is 43.4. The Balaban J connectivity index is 4.26. The van der Waals surface area contributed by atoms with E-state index in [9.17, 15) is 14.4 Å². The Kier molecular flexibility index (Phi) is 51.5. The number of carbonyl (C=O) groups excluding carboxylic acids is 3. The largest absolute Gasteiger partial charge is 0.462 e. The molecule has 0 heterocycles. The highest BCUT2D eigenvalue weighted by atomic mass is 16.6. The molecule has 0 saturated heterocycles. The number of allylic oxidation sites excluding steroid dienone is 18. The SMILES string of the molecule is CC/C=C\C/C=C\C/C=C\C/C=C\C/C=C\C/C=C\C/C=C\C/C=C\CCCCCCC(=O)OCC(COC(=O)CCCCCCCCCCC)OC(=O)CCCCCCC/C=C\CCCC. The van der Waals surface area contributed by atoms with Crippen LogP contribution in [-0.2, 0) is 28.6 Å². The lowest BCUT2D eigenvalue weighted by Gasteiger charge is -2.18. The zero-order valence-electron chi connectivity index (χ0n) is 43.4. The van der Waals surface area contributed by atoms with Crippen molar-refractivity contribution in [3.8, 4) is 0 Å². The Hall–Kier alpha value is -3.93. The highest BCUT2D eigenvalue weighted by Gasteiger charge is 2.19. The van der Waals surface area contributed by atoms with Crippen LogP contribution in [0.4, 0.5) is 0 Å². The predicted molar refractivity (Wildman–Crippen MR) is 288 cm³/mol. The van der Waals surface area contributed by atoms with Crippen LogP contribution in [0.3, 0.4) is 0 Å². The van der Waals surface area contributed by atoms with Crippen molar-refractivity contribution in [1.29, 1.82) is 0 Å². The molecule has 0 aromatic heterocycles. The summed E-state index contributed by atoms with van der Waals surface area (Å²) in [5.41, 5.74) is 0. The van der Waals surface area contributed by atoms with Crippen LogP contribution in [0.1, 0.15) is 239 Å². The normalized spacial score (nSPS) is 12.9. The van der Waals surface area contributed by atoms with Crippen LogP contribution in [0.2, 0.25) is 0 Å². The lowest BCUT2D eigenvalue weighted by atomic mass is 10.1. The van der Waals surface area contributed by atoms with Crippen molar-refractivity contribution in [3.05, 3.63) is 109 Å². The summed E-state index contributed by atoms with van der Waals surface area (Å²) in [5.74, 6) is -0.933. The third-order valence-electron chi connectivity index (χ3n) is 11.3. The Morgan fingerprint density at radius 1 is 0.313 bits per heavy atom. The molecule has 0 aliphatic carbocycles. The summed E-state index contributed by atoms with van der Waals surface area (Å²) < 4.78 is 16.7. The van der Waals surface area contributed by atoms with Gasteiger partial charge in [0.15, 0.2) is 6.10 Å². The van der Waals surface area contributed by atoms with Gasteiger partial charge in [-0.3, -0.25) is 14.4 Å². The summed E-state index contributed by atoms with van der Waals surface area (Å²) in [6.45, 7) is 6.42. The van der Waals surface area contributed by atoms with Gasteiger partial charge in [0.05, 0.1) is 0 Å². The van der Waals surface area contributed by atoms with E-state index in [1.807, 2.05) is 0 Å². The molecule has 0 spiro atoms. The lowest BCUT2D eigenvalue weighted by Crippen LogP contribution is -2.30. The summed E-state index contributed by atoms with van der Waals surface area (Å²) in [5, 5.41) is 0. The Morgan fingerprint density at radius 2 is 0.597 bits per heavy atom. The molecule has 0 saturated carbocycles. The van der Waals surface area contributed by atoms with Crippen molar-refractivity contribution in [3.63, 3.8) is 0 Å². The summed E-state index contributed by atoms with van der Waals surface area (Å²) in [6.07, 6.45) is 73.8. The third kappa shape index (κ3) is 52.9. The second kappa shape index (κ2) is 54.7. The van der Waals surface area contributed by atoms with Crippen molar-refractivity contribution in [2.75, 3.05) is 13.2 Å². The fourth-order valence-electron chi connectivity index (χ4n) is 7.14. The fourth-order valence-corrected chi connectivity index (χ4v) is 7.14. The molecular weight excluding hydrogens is 829 g/mol. The minimum absolute atomic E-state index is 0.0894. The summed E-state index contributed by atoms with van der Waals surface area (Å²) in [7, 11) is 0. The van der Waals surface area contributed by atoms with Crippen LogP contribution in [0.15, 0.2) is 109 Å². The molecule has 6 heteroatoms. The summed E-state index contributed by atoms with van der Waals surface area (Å²) in [4.78, 5) is 37.9. The zero-order chi connectivity index (χ0) is 48.6. The van der Waals surface area contributed by atoms with E-state index < -0.39 is 6.10 Å². The smallest absolute Gasteiger partial charge is 0.306 e. The van der Waals surface area contributed by atoms with Crippen LogP contribution < -0.4 is 0 Å². The van der Waals surface area contributed by atoms with E-state index in [1.54, 1.807) is 0 Å². The molecular formula is C61H100O6. The molecule has 67 heavy (non-hydrogen) atoms. The van der Waals surface area contributed by atoms with Crippen molar-refractivity contribution in [1.82, 2.24) is 0 Å². The first-order valence-corrected chi connectivity index (χ1v) is 27.4. The third-order valence-corrected chi connectivity index (χ3v) is 11.3. The van der Waals surface area contributed by atoms with E-state index >= 15 is 0 Å². The molecule has 1 unspecified atom stereocenters. The lowest BCUT2D eigenvalue weighted by molar-refractivity contribution is -0.167. The molecule has 0 aromatic rings. The van der Waals surface area contributed by atoms with Crippen molar-refractivity contribution in [2.45, 2.75) is 245 Å². The van der Waals surface area contributed by atoms with Crippen LogP contribution in [0.25, 0.3) is 0 Å². The van der Waals surface area contributed by atoms with Crippen LogP contribution in [-0.4, -0.2) is 37.2 Å². The number of carbonyl (C=O) groups is 3. The average Bonchev–Trinajstić information content (AvgIpc) is 3.33. The number of ether oxygens (including phenoxy) is 3. The molecule has 380 valence electrons. The van der Waals surface area contributed by atoms with E-state index in [0.717, 1.165) is 135 Å². The Labute approximate surface area is 412 Å². The molecule has 0 N–H and O–H groups in total. The summed E-state index contributed by atoms with van der Waals surface area (Å²) >= 11 is 0. The van der Waals surface area contributed by atoms with Gasteiger partial charge in [0.2, 0.25) is 0 Å². The Bertz CT molecular complexity index is 1390. The van der Waals surface area contributed by atoms with Crippen molar-refractivity contribution in [2.24, 2.45) is 0 Å². The maximum atomic E-state index is 12.7. The number of unbranched alkanes of at least 4 members (excludes halogenated alkanes) is 19. The highest BCUT2D eigenvalue weighted by molar-refractivity contribution is 5.71. The quantitative estimate of drug-likeness (QED) is 0.0262. The van der Waals surface area contributed by atoms with E-state index in [2.05, 4.69) is 130 Å². The molecule has 0 bridgehead atoms. The summed E-state index contributed by atoms with van der Waals surface area (Å²) in [6, 6.07) is 0. The minimum atomic E-state index is -0.790. The van der Waals surface area contributed by atoms with Gasteiger partial charge >= 0.3 is 17.9 Å². The first-order chi connectivity index (χ1) is 33.0. The van der Waals surface area contributed by atoms with Gasteiger partial charge in [0, 0.05) is 19.3 Å². The van der Waals surface area contributed by atoms with Gasteiger partial charge in [-0.05, 0) is 103 Å². The standard InChI is InChI=1S/C61H100O6/c1-4-7-10-13-16-19-21-22-23-24-25-26-27-28-29-30-31-32-33-34-35-36-37-38-40-42-45-48-51-54-60(63)66-57-58(56-65-59(62)53-50-47-44-41-18-15-12-9-6-3)67-61(64)55-52-49-46-43-39-20-17-14-11-8-5-2/h7,10,14,16-17,19,22-23,25-26,28-29,31-32,34-35,37-38,58H,4-6,8-9,11-13,15,18,20-21,24,27,30,33,36,39-57H2,1-3H3/b10-7-,17-14-,19-16-,23-22-,26-25-,29-28-,32-31-,35-34-,38-37-. The highest BCUT2D eigenvalue weighted by Crippen LogP contribution is 2.13.